The first-order valence-corrected chi connectivity index (χ1v) is 6.40. The van der Waals surface area contributed by atoms with Gasteiger partial charge in [-0.2, -0.15) is 0 Å². The summed E-state index contributed by atoms with van der Waals surface area (Å²) in [6.07, 6.45) is 0. The molecule has 0 fully saturated rings. The standard InChI is InChI=1S/C11H9NSe/c1-2-4-9-6-11-10(12-7-13-11)5-8(9)3-1/h1-6,12H,7H2. The molecule has 0 saturated heterocycles. The molecule has 13 heavy (non-hydrogen) atoms. The Hall–Kier alpha value is -0.981. The van der Waals surface area contributed by atoms with E-state index in [-0.39, 0.29) is 0 Å². The fourth-order valence-corrected chi connectivity index (χ4v) is 3.52. The predicted octanol–water partition coefficient (Wildman–Crippen LogP) is 1.55. The fraction of sp³-hybridized carbons (Fsp3) is 0.0909. The zero-order valence-electron chi connectivity index (χ0n) is 7.08. The summed E-state index contributed by atoms with van der Waals surface area (Å²) in [4.78, 5) is 0. The molecule has 1 N–H and O–H groups in total. The van der Waals surface area contributed by atoms with Crippen molar-refractivity contribution < 1.29 is 0 Å². The average molecular weight is 234 g/mol. The molecule has 0 spiro atoms. The monoisotopic (exact) mass is 235 g/mol. The van der Waals surface area contributed by atoms with Gasteiger partial charge in [0.2, 0.25) is 0 Å². The molecule has 0 unspecified atom stereocenters. The number of rotatable bonds is 0. The Morgan fingerprint density at radius 3 is 2.69 bits per heavy atom. The molecule has 0 saturated carbocycles. The zero-order valence-corrected chi connectivity index (χ0v) is 8.79. The van der Waals surface area contributed by atoms with Crippen LogP contribution in [0.5, 0.6) is 0 Å². The molecule has 64 valence electrons. The Balaban J connectivity index is 2.36. The molecule has 1 heterocycles. The first-order chi connectivity index (χ1) is 6.43. The van der Waals surface area contributed by atoms with Crippen molar-refractivity contribution in [1.82, 2.24) is 0 Å². The Morgan fingerprint density at radius 1 is 1.08 bits per heavy atom. The summed E-state index contributed by atoms with van der Waals surface area (Å²) >= 11 is 0.638. The molecule has 0 aromatic heterocycles. The molecule has 2 aromatic carbocycles. The van der Waals surface area contributed by atoms with Crippen molar-refractivity contribution in [2.45, 2.75) is 0 Å². The van der Waals surface area contributed by atoms with Crippen LogP contribution < -0.4 is 9.78 Å². The molecule has 1 aliphatic heterocycles. The summed E-state index contributed by atoms with van der Waals surface area (Å²) in [7, 11) is 0. The van der Waals surface area contributed by atoms with E-state index < -0.39 is 0 Å². The van der Waals surface area contributed by atoms with Crippen molar-refractivity contribution in [1.29, 1.82) is 0 Å². The molecular formula is C11H9NSe. The van der Waals surface area contributed by atoms with Crippen molar-refractivity contribution in [3.05, 3.63) is 36.4 Å². The van der Waals surface area contributed by atoms with E-state index in [9.17, 15) is 0 Å². The number of hydrogen-bond donors (Lipinski definition) is 1. The van der Waals surface area contributed by atoms with Crippen molar-refractivity contribution in [2.75, 3.05) is 10.8 Å². The number of nitrogens with one attached hydrogen (secondary N) is 1. The topological polar surface area (TPSA) is 12.0 Å². The Labute approximate surface area is 83.3 Å². The van der Waals surface area contributed by atoms with Gasteiger partial charge in [0, 0.05) is 0 Å². The summed E-state index contributed by atoms with van der Waals surface area (Å²) in [6.45, 7) is 0. The van der Waals surface area contributed by atoms with Gasteiger partial charge < -0.3 is 0 Å². The predicted molar refractivity (Wildman–Crippen MR) is 57.8 cm³/mol. The van der Waals surface area contributed by atoms with Crippen LogP contribution in [0.4, 0.5) is 5.69 Å². The van der Waals surface area contributed by atoms with Crippen LogP contribution in [0.25, 0.3) is 10.8 Å². The Kier molecular flexibility index (Phi) is 1.58. The van der Waals surface area contributed by atoms with Gasteiger partial charge in [0.05, 0.1) is 0 Å². The van der Waals surface area contributed by atoms with Gasteiger partial charge in [-0.15, -0.1) is 0 Å². The van der Waals surface area contributed by atoms with Crippen molar-refractivity contribution in [3.63, 3.8) is 0 Å². The maximum absolute atomic E-state index is 3.42. The van der Waals surface area contributed by atoms with E-state index >= 15 is 0 Å². The molecule has 1 aliphatic rings. The normalized spacial score (nSPS) is 14.2. The molecule has 0 bridgehead atoms. The summed E-state index contributed by atoms with van der Waals surface area (Å²) in [6, 6.07) is 13.1. The van der Waals surface area contributed by atoms with Gasteiger partial charge in [-0.3, -0.25) is 0 Å². The third-order valence-corrected chi connectivity index (χ3v) is 4.31. The molecular weight excluding hydrogens is 225 g/mol. The minimum absolute atomic E-state index is 0.638. The second kappa shape index (κ2) is 2.76. The minimum atomic E-state index is 0.638. The van der Waals surface area contributed by atoms with E-state index in [1.807, 2.05) is 0 Å². The number of benzene rings is 2. The summed E-state index contributed by atoms with van der Waals surface area (Å²) in [5, 5.41) is 6.13. The first-order valence-electron chi connectivity index (χ1n) is 4.33. The van der Waals surface area contributed by atoms with Crippen LogP contribution in [0.15, 0.2) is 36.4 Å². The van der Waals surface area contributed by atoms with Gasteiger partial charge in [-0.25, -0.2) is 0 Å². The van der Waals surface area contributed by atoms with E-state index in [1.54, 1.807) is 0 Å². The molecule has 0 atom stereocenters. The van der Waals surface area contributed by atoms with Crippen LogP contribution >= 0.6 is 0 Å². The van der Waals surface area contributed by atoms with Crippen LogP contribution in [-0.4, -0.2) is 20.4 Å². The van der Waals surface area contributed by atoms with Crippen molar-refractivity contribution in [3.8, 4) is 0 Å². The fourth-order valence-electron chi connectivity index (χ4n) is 1.67. The zero-order chi connectivity index (χ0) is 8.67. The van der Waals surface area contributed by atoms with E-state index in [0.717, 1.165) is 5.44 Å². The van der Waals surface area contributed by atoms with Gasteiger partial charge in [0.1, 0.15) is 0 Å². The Bertz CT molecular complexity index is 422. The number of fused-ring (bicyclic) bond motifs is 2. The molecule has 1 nitrogen and oxygen atoms in total. The molecule has 2 heteroatoms. The number of anilines is 1. The van der Waals surface area contributed by atoms with Gasteiger partial charge in [0.15, 0.2) is 0 Å². The van der Waals surface area contributed by atoms with Crippen LogP contribution in [0, 0.1) is 0 Å². The van der Waals surface area contributed by atoms with Gasteiger partial charge in [0.25, 0.3) is 0 Å². The third-order valence-electron chi connectivity index (χ3n) is 2.34. The van der Waals surface area contributed by atoms with Gasteiger partial charge in [-0.1, -0.05) is 0 Å². The van der Waals surface area contributed by atoms with Crippen LogP contribution in [0.2, 0.25) is 0 Å². The second-order valence-electron chi connectivity index (χ2n) is 3.16. The third kappa shape index (κ3) is 1.14. The summed E-state index contributed by atoms with van der Waals surface area (Å²) in [5.74, 6) is 0. The van der Waals surface area contributed by atoms with Crippen LogP contribution in [-0.2, 0) is 0 Å². The van der Waals surface area contributed by atoms with E-state index in [0.29, 0.717) is 15.0 Å². The van der Waals surface area contributed by atoms with E-state index in [2.05, 4.69) is 41.7 Å². The molecule has 2 aromatic rings. The molecule has 0 aliphatic carbocycles. The van der Waals surface area contributed by atoms with E-state index in [4.69, 9.17) is 0 Å². The first kappa shape index (κ1) is 7.43. The molecule has 0 amide bonds. The molecule has 0 radical (unpaired) electrons. The average Bonchev–Trinajstić information content (AvgIpc) is 2.61. The van der Waals surface area contributed by atoms with E-state index in [1.165, 1.54) is 20.9 Å². The summed E-state index contributed by atoms with van der Waals surface area (Å²) < 4.78 is 1.52. The Morgan fingerprint density at radius 2 is 1.85 bits per heavy atom. The number of hydrogen-bond acceptors (Lipinski definition) is 1. The van der Waals surface area contributed by atoms with Crippen LogP contribution in [0.3, 0.4) is 0 Å². The SMILES string of the molecule is c1ccc2cc3c(cc2c1)NC[Se]3. The second-order valence-corrected chi connectivity index (χ2v) is 5.30. The summed E-state index contributed by atoms with van der Waals surface area (Å²) in [5.41, 5.74) is 2.50. The van der Waals surface area contributed by atoms with Gasteiger partial charge in [-0.05, 0) is 0 Å². The van der Waals surface area contributed by atoms with Crippen molar-refractivity contribution >= 4 is 35.9 Å². The van der Waals surface area contributed by atoms with Gasteiger partial charge >= 0.3 is 83.0 Å². The maximum atomic E-state index is 3.42. The quantitative estimate of drug-likeness (QED) is 0.682. The van der Waals surface area contributed by atoms with Crippen LogP contribution in [0.1, 0.15) is 0 Å². The van der Waals surface area contributed by atoms with Crippen molar-refractivity contribution in [2.24, 2.45) is 0 Å². The molecule has 3 rings (SSSR count).